The van der Waals surface area contributed by atoms with E-state index in [1.165, 1.54) is 5.69 Å². The van der Waals surface area contributed by atoms with E-state index in [1.54, 1.807) is 18.2 Å². The van der Waals surface area contributed by atoms with Crippen LogP contribution in [-0.2, 0) is 0 Å². The third kappa shape index (κ3) is 3.93. The number of fused-ring (bicyclic) bond motifs is 1. The summed E-state index contributed by atoms with van der Waals surface area (Å²) in [6.07, 6.45) is 0. The first-order valence-corrected chi connectivity index (χ1v) is 9.10. The summed E-state index contributed by atoms with van der Waals surface area (Å²) < 4.78 is 10.6. The summed E-state index contributed by atoms with van der Waals surface area (Å²) in [5, 5.41) is 5.71. The van der Waals surface area contributed by atoms with Gasteiger partial charge in [-0.05, 0) is 49.9 Å². The maximum Gasteiger partial charge on any atom is 0.323 e. The Bertz CT molecular complexity index is 847. The molecule has 2 amide bonds. The normalized spacial score (nSPS) is 16.3. The predicted octanol–water partition coefficient (Wildman–Crippen LogP) is 3.12. The van der Waals surface area contributed by atoms with Gasteiger partial charge in [0, 0.05) is 49.3 Å². The minimum absolute atomic E-state index is 0.212. The van der Waals surface area contributed by atoms with E-state index in [9.17, 15) is 4.79 Å². The lowest BCUT2D eigenvalue weighted by Gasteiger charge is -2.35. The Morgan fingerprint density at radius 1 is 0.926 bits per heavy atom. The fraction of sp³-hybridized carbons (Fsp3) is 0.350. The zero-order valence-electron chi connectivity index (χ0n) is 15.6. The lowest BCUT2D eigenvalue weighted by Crippen LogP contribution is -2.44. The summed E-state index contributed by atoms with van der Waals surface area (Å²) in [5.74, 6) is 1.33. The van der Waals surface area contributed by atoms with E-state index >= 15 is 0 Å². The molecular weight excluding hydrogens is 344 g/mol. The molecule has 2 aromatic carbocycles. The number of carbonyl (C=O) groups is 1. The van der Waals surface area contributed by atoms with Gasteiger partial charge >= 0.3 is 6.03 Å². The summed E-state index contributed by atoms with van der Waals surface area (Å²) in [7, 11) is 2.15. The average Bonchev–Trinajstić information content (AvgIpc) is 3.10. The quantitative estimate of drug-likeness (QED) is 0.871. The van der Waals surface area contributed by atoms with Gasteiger partial charge in [-0.15, -0.1) is 0 Å². The molecule has 0 radical (unpaired) electrons. The minimum atomic E-state index is -0.291. The van der Waals surface area contributed by atoms with E-state index in [-0.39, 0.29) is 12.8 Å². The van der Waals surface area contributed by atoms with Gasteiger partial charge in [0.15, 0.2) is 11.5 Å². The van der Waals surface area contributed by atoms with Crippen LogP contribution in [0.3, 0.4) is 0 Å². The van der Waals surface area contributed by atoms with E-state index in [1.807, 2.05) is 12.1 Å². The Morgan fingerprint density at radius 2 is 1.59 bits per heavy atom. The van der Waals surface area contributed by atoms with Crippen molar-refractivity contribution in [2.45, 2.75) is 6.92 Å². The molecule has 2 aliphatic heterocycles. The molecule has 7 heteroatoms. The molecule has 0 saturated carbocycles. The molecule has 2 aromatic rings. The lowest BCUT2D eigenvalue weighted by atomic mass is 10.1. The number of likely N-dealkylation sites (N-methyl/N-ethyl adjacent to an activating group) is 1. The smallest absolute Gasteiger partial charge is 0.323 e. The molecule has 4 rings (SSSR count). The van der Waals surface area contributed by atoms with Gasteiger partial charge in [-0.1, -0.05) is 0 Å². The van der Waals surface area contributed by atoms with Crippen LogP contribution in [0.1, 0.15) is 5.56 Å². The Kier molecular flexibility index (Phi) is 4.77. The van der Waals surface area contributed by atoms with Crippen molar-refractivity contribution in [3.63, 3.8) is 0 Å². The molecule has 1 saturated heterocycles. The Hall–Kier alpha value is -2.93. The van der Waals surface area contributed by atoms with Gasteiger partial charge in [-0.2, -0.15) is 0 Å². The number of carbonyl (C=O) groups excluding carboxylic acids is 1. The number of urea groups is 1. The number of nitrogens with zero attached hydrogens (tertiary/aromatic N) is 2. The van der Waals surface area contributed by atoms with E-state index in [2.05, 4.69) is 40.5 Å². The average molecular weight is 368 g/mol. The molecule has 0 aliphatic carbocycles. The third-order valence-corrected chi connectivity index (χ3v) is 4.93. The fourth-order valence-electron chi connectivity index (χ4n) is 3.40. The summed E-state index contributed by atoms with van der Waals surface area (Å²) in [6, 6.07) is 11.1. The maximum absolute atomic E-state index is 12.3. The maximum atomic E-state index is 12.3. The van der Waals surface area contributed by atoms with Crippen LogP contribution >= 0.6 is 0 Å². The van der Waals surface area contributed by atoms with E-state index in [0.29, 0.717) is 17.2 Å². The van der Waals surface area contributed by atoms with Crippen molar-refractivity contribution in [2.75, 3.05) is 55.6 Å². The number of benzene rings is 2. The first-order chi connectivity index (χ1) is 13.1. The first kappa shape index (κ1) is 17.5. The van der Waals surface area contributed by atoms with Crippen LogP contribution < -0.4 is 25.0 Å². The molecule has 2 aliphatic rings. The second-order valence-corrected chi connectivity index (χ2v) is 6.94. The Balaban J connectivity index is 1.39. The third-order valence-electron chi connectivity index (χ3n) is 4.93. The van der Waals surface area contributed by atoms with Crippen LogP contribution in [0.4, 0.5) is 21.9 Å². The second-order valence-electron chi connectivity index (χ2n) is 6.94. The highest BCUT2D eigenvalue weighted by Crippen LogP contribution is 2.34. The van der Waals surface area contributed by atoms with Gasteiger partial charge < -0.3 is 29.9 Å². The van der Waals surface area contributed by atoms with Crippen LogP contribution in [0.5, 0.6) is 11.5 Å². The van der Waals surface area contributed by atoms with Crippen molar-refractivity contribution in [1.29, 1.82) is 0 Å². The monoisotopic (exact) mass is 368 g/mol. The highest BCUT2D eigenvalue weighted by Gasteiger charge is 2.17. The molecule has 1 fully saturated rings. The molecule has 27 heavy (non-hydrogen) atoms. The standard InChI is InChI=1S/C20H24N4O3/c1-14-11-15(3-5-17(14)24-9-7-23(2)8-10-24)21-20(25)22-16-4-6-18-19(12-16)27-13-26-18/h3-6,11-12H,7-10,13H2,1-2H3,(H2,21,22,25). The van der Waals surface area contributed by atoms with Gasteiger partial charge in [0.25, 0.3) is 0 Å². The molecule has 142 valence electrons. The Morgan fingerprint density at radius 3 is 2.33 bits per heavy atom. The zero-order chi connectivity index (χ0) is 18.8. The largest absolute Gasteiger partial charge is 0.454 e. The summed E-state index contributed by atoms with van der Waals surface area (Å²) in [6.45, 7) is 6.47. The first-order valence-electron chi connectivity index (χ1n) is 9.10. The molecule has 2 heterocycles. The number of piperazine rings is 1. The number of nitrogens with one attached hydrogen (secondary N) is 2. The van der Waals surface area contributed by atoms with Crippen LogP contribution in [0, 0.1) is 6.92 Å². The highest BCUT2D eigenvalue weighted by atomic mass is 16.7. The predicted molar refractivity (Wildman–Crippen MR) is 106 cm³/mol. The number of hydrogen-bond acceptors (Lipinski definition) is 5. The van der Waals surface area contributed by atoms with Crippen LogP contribution in [0.15, 0.2) is 36.4 Å². The summed E-state index contributed by atoms with van der Waals surface area (Å²) >= 11 is 0. The molecule has 0 bridgehead atoms. The van der Waals surface area contributed by atoms with Crippen LogP contribution in [0.2, 0.25) is 0 Å². The highest BCUT2D eigenvalue weighted by molar-refractivity contribution is 6.00. The lowest BCUT2D eigenvalue weighted by molar-refractivity contribution is 0.174. The fourth-order valence-corrected chi connectivity index (χ4v) is 3.40. The van der Waals surface area contributed by atoms with Crippen molar-refractivity contribution < 1.29 is 14.3 Å². The topological polar surface area (TPSA) is 66.1 Å². The van der Waals surface area contributed by atoms with Crippen molar-refractivity contribution in [1.82, 2.24) is 4.90 Å². The number of aryl methyl sites for hydroxylation is 1. The molecule has 0 spiro atoms. The number of anilines is 3. The van der Waals surface area contributed by atoms with Crippen molar-refractivity contribution in [3.8, 4) is 11.5 Å². The van der Waals surface area contributed by atoms with E-state index in [4.69, 9.17) is 9.47 Å². The zero-order valence-corrected chi connectivity index (χ0v) is 15.6. The van der Waals surface area contributed by atoms with Gasteiger partial charge in [-0.25, -0.2) is 4.79 Å². The number of amides is 2. The van der Waals surface area contributed by atoms with Gasteiger partial charge in [0.05, 0.1) is 0 Å². The second kappa shape index (κ2) is 7.36. The molecule has 0 aromatic heterocycles. The minimum Gasteiger partial charge on any atom is -0.454 e. The van der Waals surface area contributed by atoms with E-state index in [0.717, 1.165) is 37.4 Å². The molecule has 7 nitrogen and oxygen atoms in total. The van der Waals surface area contributed by atoms with Crippen molar-refractivity contribution in [3.05, 3.63) is 42.0 Å². The summed E-state index contributed by atoms with van der Waals surface area (Å²) in [5.41, 5.74) is 3.80. The molecule has 0 atom stereocenters. The van der Waals surface area contributed by atoms with Crippen LogP contribution in [-0.4, -0.2) is 51.0 Å². The van der Waals surface area contributed by atoms with Gasteiger partial charge in [-0.3, -0.25) is 0 Å². The molecular formula is C20H24N4O3. The number of rotatable bonds is 3. The van der Waals surface area contributed by atoms with Gasteiger partial charge in [0.2, 0.25) is 6.79 Å². The number of hydrogen-bond donors (Lipinski definition) is 2. The van der Waals surface area contributed by atoms with Gasteiger partial charge in [0.1, 0.15) is 0 Å². The molecule has 2 N–H and O–H groups in total. The summed E-state index contributed by atoms with van der Waals surface area (Å²) in [4.78, 5) is 17.0. The Labute approximate surface area is 158 Å². The number of ether oxygens (including phenoxy) is 2. The van der Waals surface area contributed by atoms with E-state index < -0.39 is 0 Å². The van der Waals surface area contributed by atoms with Crippen molar-refractivity contribution >= 4 is 23.1 Å². The SMILES string of the molecule is Cc1cc(NC(=O)Nc2ccc3c(c2)OCO3)ccc1N1CCN(C)CC1. The van der Waals surface area contributed by atoms with Crippen molar-refractivity contribution in [2.24, 2.45) is 0 Å². The van der Waals surface area contributed by atoms with Crippen LogP contribution in [0.25, 0.3) is 0 Å². The molecule has 0 unspecified atom stereocenters.